The van der Waals surface area contributed by atoms with E-state index in [1.165, 1.54) is 0 Å². The van der Waals surface area contributed by atoms with E-state index in [9.17, 15) is 4.79 Å². The lowest BCUT2D eigenvalue weighted by Crippen LogP contribution is -2.31. The molecule has 0 spiro atoms. The number of nitrogens with one attached hydrogen (secondary N) is 1. The molecule has 0 radical (unpaired) electrons. The van der Waals surface area contributed by atoms with Crippen molar-refractivity contribution in [3.8, 4) is 0 Å². The molecule has 0 aliphatic carbocycles. The molecule has 3 nitrogen and oxygen atoms in total. The van der Waals surface area contributed by atoms with Gasteiger partial charge in [0.05, 0.1) is 0 Å². The summed E-state index contributed by atoms with van der Waals surface area (Å²) in [7, 11) is 5.39. The highest BCUT2D eigenvalue weighted by Crippen LogP contribution is 1.92. The van der Waals surface area contributed by atoms with Gasteiger partial charge in [-0.1, -0.05) is 0 Å². The van der Waals surface area contributed by atoms with E-state index in [-0.39, 0.29) is 11.9 Å². The number of hydrogen-bond donors (Lipinski definition) is 1. The summed E-state index contributed by atoms with van der Waals surface area (Å²) < 4.78 is 0. The minimum atomic E-state index is 0.168. The maximum atomic E-state index is 11.0. The Labute approximate surface area is 62.4 Å². The standard InChI is InChI=1S/C7H16N2O/c1-6(8-2)5-7(10)9(3)4/h6,8H,5H2,1-4H3/t6-/m1/s1. The van der Waals surface area contributed by atoms with Crippen molar-refractivity contribution < 1.29 is 4.79 Å². The first-order valence-electron chi connectivity index (χ1n) is 3.45. The van der Waals surface area contributed by atoms with Crippen LogP contribution < -0.4 is 5.32 Å². The largest absolute Gasteiger partial charge is 0.349 e. The van der Waals surface area contributed by atoms with E-state index in [4.69, 9.17) is 0 Å². The van der Waals surface area contributed by atoms with Crippen LogP contribution in [-0.2, 0) is 4.79 Å². The second kappa shape index (κ2) is 4.28. The number of nitrogens with zero attached hydrogens (tertiary/aromatic N) is 1. The quantitative estimate of drug-likeness (QED) is 0.608. The highest BCUT2D eigenvalue weighted by Gasteiger charge is 2.07. The van der Waals surface area contributed by atoms with Crippen LogP contribution in [0.15, 0.2) is 0 Å². The Balaban J connectivity index is 3.57. The summed E-state index contributed by atoms with van der Waals surface area (Å²) in [5.74, 6) is 0.168. The summed E-state index contributed by atoms with van der Waals surface area (Å²) in [5, 5.41) is 3.00. The topological polar surface area (TPSA) is 32.3 Å². The van der Waals surface area contributed by atoms with E-state index in [1.54, 1.807) is 19.0 Å². The molecule has 0 rings (SSSR count). The predicted octanol–water partition coefficient (Wildman–Crippen LogP) is 0.0726. The highest BCUT2D eigenvalue weighted by atomic mass is 16.2. The SMILES string of the molecule is CN[C@H](C)CC(=O)N(C)C. The first-order chi connectivity index (χ1) is 4.57. The summed E-state index contributed by atoms with van der Waals surface area (Å²) in [6, 6.07) is 0.273. The van der Waals surface area contributed by atoms with Crippen molar-refractivity contribution in [2.24, 2.45) is 0 Å². The van der Waals surface area contributed by atoms with Crippen LogP contribution in [-0.4, -0.2) is 38.0 Å². The fourth-order valence-corrected chi connectivity index (χ4v) is 0.547. The molecule has 0 saturated heterocycles. The van der Waals surface area contributed by atoms with Gasteiger partial charge in [0.15, 0.2) is 0 Å². The molecule has 0 aromatic rings. The van der Waals surface area contributed by atoms with Crippen molar-refractivity contribution in [1.82, 2.24) is 10.2 Å². The van der Waals surface area contributed by atoms with Crippen molar-refractivity contribution in [2.75, 3.05) is 21.1 Å². The van der Waals surface area contributed by atoms with Crippen molar-refractivity contribution in [3.63, 3.8) is 0 Å². The van der Waals surface area contributed by atoms with Crippen LogP contribution >= 0.6 is 0 Å². The number of carbonyl (C=O) groups excluding carboxylic acids is 1. The van der Waals surface area contributed by atoms with Crippen LogP contribution in [0.4, 0.5) is 0 Å². The van der Waals surface area contributed by atoms with Gasteiger partial charge in [-0.25, -0.2) is 0 Å². The van der Waals surface area contributed by atoms with E-state index in [0.717, 1.165) is 0 Å². The second-order valence-corrected chi connectivity index (χ2v) is 2.68. The molecule has 0 aromatic heterocycles. The van der Waals surface area contributed by atoms with Crippen LogP contribution in [0.25, 0.3) is 0 Å². The fourth-order valence-electron chi connectivity index (χ4n) is 0.547. The van der Waals surface area contributed by atoms with Crippen LogP contribution in [0.3, 0.4) is 0 Å². The Bertz CT molecular complexity index is 112. The maximum absolute atomic E-state index is 11.0. The van der Waals surface area contributed by atoms with Gasteiger partial charge in [0, 0.05) is 26.6 Å². The van der Waals surface area contributed by atoms with Gasteiger partial charge in [0.25, 0.3) is 0 Å². The van der Waals surface area contributed by atoms with Crippen molar-refractivity contribution in [2.45, 2.75) is 19.4 Å². The van der Waals surface area contributed by atoms with Crippen molar-refractivity contribution in [3.05, 3.63) is 0 Å². The number of hydrogen-bond acceptors (Lipinski definition) is 2. The lowest BCUT2D eigenvalue weighted by atomic mass is 10.2. The third kappa shape index (κ3) is 3.45. The van der Waals surface area contributed by atoms with Gasteiger partial charge in [-0.05, 0) is 14.0 Å². The Hall–Kier alpha value is -0.570. The zero-order chi connectivity index (χ0) is 8.15. The van der Waals surface area contributed by atoms with Crippen LogP contribution in [0.2, 0.25) is 0 Å². The summed E-state index contributed by atoms with van der Waals surface area (Å²) in [6.07, 6.45) is 0.573. The van der Waals surface area contributed by atoms with Gasteiger partial charge in [-0.2, -0.15) is 0 Å². The molecular weight excluding hydrogens is 128 g/mol. The van der Waals surface area contributed by atoms with Gasteiger partial charge in [-0.15, -0.1) is 0 Å². The molecule has 60 valence electrons. The third-order valence-electron chi connectivity index (χ3n) is 1.47. The lowest BCUT2D eigenvalue weighted by Gasteiger charge is -2.13. The van der Waals surface area contributed by atoms with Crippen molar-refractivity contribution >= 4 is 5.91 Å². The highest BCUT2D eigenvalue weighted by molar-refractivity contribution is 5.76. The monoisotopic (exact) mass is 144 g/mol. The van der Waals surface area contributed by atoms with E-state index < -0.39 is 0 Å². The fraction of sp³-hybridized carbons (Fsp3) is 0.857. The smallest absolute Gasteiger partial charge is 0.223 e. The molecule has 0 saturated carbocycles. The Kier molecular flexibility index (Phi) is 4.03. The molecule has 3 heteroatoms. The first-order valence-corrected chi connectivity index (χ1v) is 3.45. The lowest BCUT2D eigenvalue weighted by molar-refractivity contribution is -0.129. The third-order valence-corrected chi connectivity index (χ3v) is 1.47. The zero-order valence-corrected chi connectivity index (χ0v) is 7.14. The molecule has 0 aliphatic heterocycles. The Morgan fingerprint density at radius 2 is 2.10 bits per heavy atom. The summed E-state index contributed by atoms with van der Waals surface area (Å²) >= 11 is 0. The second-order valence-electron chi connectivity index (χ2n) is 2.68. The molecule has 1 N–H and O–H groups in total. The van der Waals surface area contributed by atoms with E-state index in [2.05, 4.69) is 5.32 Å². The zero-order valence-electron chi connectivity index (χ0n) is 7.14. The number of rotatable bonds is 3. The molecule has 0 fully saturated rings. The van der Waals surface area contributed by atoms with Crippen LogP contribution in [0.5, 0.6) is 0 Å². The van der Waals surface area contributed by atoms with Crippen LogP contribution in [0, 0.1) is 0 Å². The average molecular weight is 144 g/mol. The van der Waals surface area contributed by atoms with E-state index >= 15 is 0 Å². The normalized spacial score (nSPS) is 12.8. The Morgan fingerprint density at radius 3 is 2.40 bits per heavy atom. The molecule has 0 aromatic carbocycles. The minimum Gasteiger partial charge on any atom is -0.349 e. The average Bonchev–Trinajstić information content (AvgIpc) is 1.87. The van der Waals surface area contributed by atoms with Crippen LogP contribution in [0.1, 0.15) is 13.3 Å². The van der Waals surface area contributed by atoms with E-state index in [0.29, 0.717) is 6.42 Å². The van der Waals surface area contributed by atoms with Gasteiger partial charge in [0.2, 0.25) is 5.91 Å². The predicted molar refractivity (Wildman–Crippen MR) is 41.8 cm³/mol. The molecule has 0 aliphatic rings. The summed E-state index contributed by atoms with van der Waals surface area (Å²) in [5.41, 5.74) is 0. The van der Waals surface area contributed by atoms with Crippen molar-refractivity contribution in [1.29, 1.82) is 0 Å². The molecule has 1 atom stereocenters. The summed E-state index contributed by atoms with van der Waals surface area (Å²) in [6.45, 7) is 1.99. The van der Waals surface area contributed by atoms with Gasteiger partial charge in [0.1, 0.15) is 0 Å². The van der Waals surface area contributed by atoms with E-state index in [1.807, 2.05) is 14.0 Å². The number of amides is 1. The maximum Gasteiger partial charge on any atom is 0.223 e. The molecule has 0 heterocycles. The molecule has 0 bridgehead atoms. The molecule has 10 heavy (non-hydrogen) atoms. The molecule has 1 amide bonds. The molecule has 0 unspecified atom stereocenters. The van der Waals surface area contributed by atoms with Gasteiger partial charge >= 0.3 is 0 Å². The summed E-state index contributed by atoms with van der Waals surface area (Å²) in [4.78, 5) is 12.6. The number of carbonyl (C=O) groups is 1. The minimum absolute atomic E-state index is 0.168. The molecular formula is C7H16N2O. The Morgan fingerprint density at radius 1 is 1.60 bits per heavy atom. The first kappa shape index (κ1) is 9.43. The van der Waals surface area contributed by atoms with Gasteiger partial charge in [-0.3, -0.25) is 4.79 Å². The van der Waals surface area contributed by atoms with Gasteiger partial charge < -0.3 is 10.2 Å².